The second-order valence-electron chi connectivity index (χ2n) is 6.36. The molecular weight excluding hydrogens is 375 g/mol. The molecule has 2 rings (SSSR count). The quantitative estimate of drug-likeness (QED) is 0.842. The van der Waals surface area contributed by atoms with Gasteiger partial charge in [-0.15, -0.1) is 12.4 Å². The normalized spacial score (nSPS) is 21.0. The zero-order valence-electron chi connectivity index (χ0n) is 14.2. The summed E-state index contributed by atoms with van der Waals surface area (Å²) in [4.78, 5) is 0.0167. The van der Waals surface area contributed by atoms with Gasteiger partial charge in [-0.2, -0.15) is 4.31 Å². The number of piperidine rings is 1. The molecule has 9 heteroatoms. The van der Waals surface area contributed by atoms with Gasteiger partial charge in [-0.3, -0.25) is 0 Å². The molecule has 2 N–H and O–H groups in total. The average Bonchev–Trinajstić information content (AvgIpc) is 2.49. The van der Waals surface area contributed by atoms with Crippen molar-refractivity contribution in [3.05, 3.63) is 17.2 Å². The molecule has 6 nitrogen and oxygen atoms in total. The summed E-state index contributed by atoms with van der Waals surface area (Å²) < 4.78 is 37.7. The first-order valence-corrected chi connectivity index (χ1v) is 9.12. The van der Waals surface area contributed by atoms with E-state index in [0.717, 1.165) is 0 Å². The maximum atomic E-state index is 13.0. The molecule has 1 atom stereocenters. The third-order valence-electron chi connectivity index (χ3n) is 4.33. The summed E-state index contributed by atoms with van der Waals surface area (Å²) in [6, 6.07) is 2.82. The Balaban J connectivity index is 0.00000288. The Morgan fingerprint density at radius 1 is 1.25 bits per heavy atom. The van der Waals surface area contributed by atoms with Crippen molar-refractivity contribution in [1.82, 2.24) is 4.31 Å². The Hall–Kier alpha value is -0.730. The number of ether oxygens (including phenoxy) is 2. The molecule has 1 aromatic carbocycles. The van der Waals surface area contributed by atoms with Crippen molar-refractivity contribution in [1.29, 1.82) is 0 Å². The van der Waals surface area contributed by atoms with Gasteiger partial charge in [-0.05, 0) is 11.8 Å². The summed E-state index contributed by atoms with van der Waals surface area (Å²) >= 11 is 6.17. The van der Waals surface area contributed by atoms with Gasteiger partial charge in [-0.25, -0.2) is 8.42 Å². The summed E-state index contributed by atoms with van der Waals surface area (Å²) in [7, 11) is -0.816. The highest BCUT2D eigenvalue weighted by molar-refractivity contribution is 7.89. The van der Waals surface area contributed by atoms with Crippen molar-refractivity contribution in [2.45, 2.75) is 31.2 Å². The maximum Gasteiger partial charge on any atom is 0.244 e. The molecule has 0 amide bonds. The van der Waals surface area contributed by atoms with E-state index in [9.17, 15) is 8.42 Å². The molecule has 0 radical (unpaired) electrons. The van der Waals surface area contributed by atoms with Crippen LogP contribution in [0.4, 0.5) is 0 Å². The Bertz CT molecular complexity index is 695. The number of methoxy groups -OCH3 is 2. The molecule has 0 bridgehead atoms. The van der Waals surface area contributed by atoms with Gasteiger partial charge in [0.2, 0.25) is 10.0 Å². The van der Waals surface area contributed by atoms with Crippen LogP contribution in [0.15, 0.2) is 17.0 Å². The number of hydrogen-bond acceptors (Lipinski definition) is 5. The molecule has 1 heterocycles. The van der Waals surface area contributed by atoms with Crippen molar-refractivity contribution < 1.29 is 17.9 Å². The van der Waals surface area contributed by atoms with Gasteiger partial charge in [0.15, 0.2) is 11.5 Å². The molecule has 0 spiro atoms. The van der Waals surface area contributed by atoms with E-state index >= 15 is 0 Å². The van der Waals surface area contributed by atoms with Crippen LogP contribution in [0, 0.1) is 5.41 Å². The van der Waals surface area contributed by atoms with Crippen LogP contribution in [-0.4, -0.2) is 46.1 Å². The van der Waals surface area contributed by atoms with Crippen LogP contribution in [0.25, 0.3) is 0 Å². The first kappa shape index (κ1) is 21.3. The molecule has 1 unspecified atom stereocenters. The summed E-state index contributed by atoms with van der Waals surface area (Å²) in [6.07, 6.45) is 0.608. The number of benzene rings is 1. The SMILES string of the molecule is COc1cc(Cl)c(S(=O)(=O)N2CCC(N)C(C)(C)C2)cc1OC.Cl. The highest BCUT2D eigenvalue weighted by Crippen LogP contribution is 2.38. The van der Waals surface area contributed by atoms with Crippen LogP contribution in [-0.2, 0) is 10.0 Å². The minimum absolute atomic E-state index is 0. The molecule has 1 aromatic rings. The Morgan fingerprint density at radius 2 is 1.79 bits per heavy atom. The van der Waals surface area contributed by atoms with E-state index in [4.69, 9.17) is 26.8 Å². The minimum Gasteiger partial charge on any atom is -0.493 e. The number of halogens is 2. The minimum atomic E-state index is -3.73. The smallest absolute Gasteiger partial charge is 0.244 e. The van der Waals surface area contributed by atoms with E-state index in [0.29, 0.717) is 31.0 Å². The van der Waals surface area contributed by atoms with Crippen LogP contribution in [0.1, 0.15) is 20.3 Å². The van der Waals surface area contributed by atoms with Crippen molar-refractivity contribution >= 4 is 34.0 Å². The molecule has 138 valence electrons. The van der Waals surface area contributed by atoms with E-state index in [-0.39, 0.29) is 33.8 Å². The highest BCUT2D eigenvalue weighted by atomic mass is 35.5. The standard InChI is InChI=1S/C15H23ClN2O4S.ClH/c1-15(2)9-18(6-5-14(15)17)23(19,20)13-8-12(22-4)11(21-3)7-10(13)16;/h7-8,14H,5-6,9,17H2,1-4H3;1H. The largest absolute Gasteiger partial charge is 0.493 e. The van der Waals surface area contributed by atoms with E-state index in [1.807, 2.05) is 13.8 Å². The zero-order chi connectivity index (χ0) is 17.4. The fraction of sp³-hybridized carbons (Fsp3) is 0.600. The highest BCUT2D eigenvalue weighted by Gasteiger charge is 2.39. The Kier molecular flexibility index (Phi) is 6.80. The van der Waals surface area contributed by atoms with Crippen molar-refractivity contribution in [3.63, 3.8) is 0 Å². The molecular formula is C15H24Cl2N2O4S. The third-order valence-corrected chi connectivity index (χ3v) is 6.64. The van der Waals surface area contributed by atoms with Crippen LogP contribution >= 0.6 is 24.0 Å². The predicted octanol–water partition coefficient (Wildman–Crippen LogP) is 2.53. The Labute approximate surface area is 154 Å². The molecule has 1 aliphatic rings. The Morgan fingerprint density at radius 3 is 2.29 bits per heavy atom. The first-order valence-electron chi connectivity index (χ1n) is 7.30. The zero-order valence-corrected chi connectivity index (χ0v) is 16.6. The predicted molar refractivity (Wildman–Crippen MR) is 96.9 cm³/mol. The van der Waals surface area contributed by atoms with Crippen LogP contribution < -0.4 is 15.2 Å². The van der Waals surface area contributed by atoms with Gasteiger partial charge in [0.25, 0.3) is 0 Å². The average molecular weight is 399 g/mol. The molecule has 24 heavy (non-hydrogen) atoms. The van der Waals surface area contributed by atoms with Crippen LogP contribution in [0.2, 0.25) is 5.02 Å². The van der Waals surface area contributed by atoms with Gasteiger partial charge in [0, 0.05) is 31.3 Å². The molecule has 0 saturated carbocycles. The number of rotatable bonds is 4. The van der Waals surface area contributed by atoms with Crippen molar-refractivity contribution in [3.8, 4) is 11.5 Å². The number of nitrogens with zero attached hydrogens (tertiary/aromatic N) is 1. The second-order valence-corrected chi connectivity index (χ2v) is 8.67. The van der Waals surface area contributed by atoms with Crippen molar-refractivity contribution in [2.24, 2.45) is 11.1 Å². The monoisotopic (exact) mass is 398 g/mol. The van der Waals surface area contributed by atoms with Crippen LogP contribution in [0.3, 0.4) is 0 Å². The lowest BCUT2D eigenvalue weighted by atomic mass is 9.81. The van der Waals surface area contributed by atoms with E-state index < -0.39 is 10.0 Å². The van der Waals surface area contributed by atoms with Gasteiger partial charge in [0.05, 0.1) is 19.2 Å². The lowest BCUT2D eigenvalue weighted by Gasteiger charge is -2.41. The first-order chi connectivity index (χ1) is 10.6. The summed E-state index contributed by atoms with van der Waals surface area (Å²) in [5, 5.41) is 0.107. The molecule has 1 fully saturated rings. The van der Waals surface area contributed by atoms with E-state index in [2.05, 4.69) is 0 Å². The lowest BCUT2D eigenvalue weighted by Crippen LogP contribution is -2.53. The second kappa shape index (κ2) is 7.66. The van der Waals surface area contributed by atoms with E-state index in [1.165, 1.54) is 30.7 Å². The summed E-state index contributed by atoms with van der Waals surface area (Å²) in [5.74, 6) is 0.709. The summed E-state index contributed by atoms with van der Waals surface area (Å²) in [5.41, 5.74) is 5.79. The van der Waals surface area contributed by atoms with Gasteiger partial charge in [-0.1, -0.05) is 25.4 Å². The van der Waals surface area contributed by atoms with Gasteiger partial charge in [0.1, 0.15) is 4.90 Å². The number of nitrogens with two attached hydrogens (primary N) is 1. The number of hydrogen-bond donors (Lipinski definition) is 1. The molecule has 0 aliphatic carbocycles. The third kappa shape index (κ3) is 3.91. The van der Waals surface area contributed by atoms with Gasteiger partial charge >= 0.3 is 0 Å². The van der Waals surface area contributed by atoms with Crippen molar-refractivity contribution in [2.75, 3.05) is 27.3 Å². The fourth-order valence-electron chi connectivity index (χ4n) is 2.70. The topological polar surface area (TPSA) is 81.9 Å². The lowest BCUT2D eigenvalue weighted by molar-refractivity contribution is 0.155. The maximum absolute atomic E-state index is 13.0. The van der Waals surface area contributed by atoms with E-state index in [1.54, 1.807) is 0 Å². The van der Waals surface area contributed by atoms with Gasteiger partial charge < -0.3 is 15.2 Å². The summed E-state index contributed by atoms with van der Waals surface area (Å²) in [6.45, 7) is 4.66. The number of sulfonamides is 1. The molecule has 0 aromatic heterocycles. The molecule has 1 aliphatic heterocycles. The van der Waals surface area contributed by atoms with Crippen LogP contribution in [0.5, 0.6) is 11.5 Å². The fourth-order valence-corrected chi connectivity index (χ4v) is 4.84. The molecule has 1 saturated heterocycles.